The van der Waals surface area contributed by atoms with Crippen LogP contribution in [-0.4, -0.2) is 24.6 Å². The van der Waals surface area contributed by atoms with Crippen molar-refractivity contribution >= 4 is 5.69 Å². The van der Waals surface area contributed by atoms with Gasteiger partial charge >= 0.3 is 5.69 Å². The highest BCUT2D eigenvalue weighted by Gasteiger charge is 2.20. The lowest BCUT2D eigenvalue weighted by molar-refractivity contribution is -0.385. The van der Waals surface area contributed by atoms with Crippen LogP contribution in [0.5, 0.6) is 5.75 Å². The summed E-state index contributed by atoms with van der Waals surface area (Å²) in [6, 6.07) is 5.45. The number of nitro groups is 1. The van der Waals surface area contributed by atoms with Gasteiger partial charge in [-0.05, 0) is 30.5 Å². The normalized spacial score (nSPS) is 13.9. The third kappa shape index (κ3) is 3.67. The van der Waals surface area contributed by atoms with Gasteiger partial charge in [0, 0.05) is 12.1 Å². The van der Waals surface area contributed by atoms with Crippen molar-refractivity contribution in [3.8, 4) is 5.75 Å². The van der Waals surface area contributed by atoms with E-state index in [0.29, 0.717) is 11.8 Å². The van der Waals surface area contributed by atoms with Crippen molar-refractivity contribution in [2.24, 2.45) is 0 Å². The van der Waals surface area contributed by atoms with Crippen molar-refractivity contribution in [2.75, 3.05) is 13.7 Å². The van der Waals surface area contributed by atoms with Gasteiger partial charge in [-0.3, -0.25) is 10.1 Å². The minimum Gasteiger partial charge on any atom is -0.490 e. The number of ether oxygens (including phenoxy) is 1. The number of nitrogens with zero attached hydrogens (tertiary/aromatic N) is 1. The Labute approximate surface area is 114 Å². The zero-order valence-electron chi connectivity index (χ0n) is 12.0. The van der Waals surface area contributed by atoms with E-state index in [1.807, 2.05) is 6.07 Å². The minimum absolute atomic E-state index is 0.00921. The van der Waals surface area contributed by atoms with Gasteiger partial charge in [-0.25, -0.2) is 0 Å². The van der Waals surface area contributed by atoms with Crippen LogP contribution in [-0.2, 0) is 0 Å². The highest BCUT2D eigenvalue weighted by atomic mass is 16.6. The molecular formula is C14H22N2O3. The molecule has 0 saturated carbocycles. The first-order valence-corrected chi connectivity index (χ1v) is 6.60. The molecule has 1 aromatic rings. The highest BCUT2D eigenvalue weighted by molar-refractivity contribution is 5.49. The number of likely N-dealkylation sites (N-methyl/N-ethyl adjacent to an activating group) is 1. The molecule has 0 heterocycles. The first-order chi connectivity index (χ1) is 9.04. The van der Waals surface area contributed by atoms with E-state index < -0.39 is 4.92 Å². The number of benzene rings is 1. The molecule has 0 spiro atoms. The van der Waals surface area contributed by atoms with Crippen molar-refractivity contribution in [1.29, 1.82) is 0 Å². The molecule has 19 heavy (non-hydrogen) atoms. The van der Waals surface area contributed by atoms with Crippen LogP contribution in [0, 0.1) is 10.1 Å². The van der Waals surface area contributed by atoms with Crippen molar-refractivity contribution in [1.82, 2.24) is 5.32 Å². The molecule has 2 unspecified atom stereocenters. The molecule has 2 atom stereocenters. The van der Waals surface area contributed by atoms with E-state index in [2.05, 4.69) is 26.1 Å². The Morgan fingerprint density at radius 2 is 2.11 bits per heavy atom. The SMILES string of the molecule is CCNC(CC)C(C)c1ccc([N+](=O)[O-])c(OC)c1. The topological polar surface area (TPSA) is 64.4 Å². The summed E-state index contributed by atoms with van der Waals surface area (Å²) in [5.74, 6) is 0.598. The average Bonchev–Trinajstić information content (AvgIpc) is 2.43. The Morgan fingerprint density at radius 1 is 1.42 bits per heavy atom. The fraction of sp³-hybridized carbons (Fsp3) is 0.571. The fourth-order valence-electron chi connectivity index (χ4n) is 2.30. The zero-order chi connectivity index (χ0) is 14.4. The first kappa shape index (κ1) is 15.4. The molecule has 0 bridgehead atoms. The molecule has 0 saturated heterocycles. The summed E-state index contributed by atoms with van der Waals surface area (Å²) in [6.45, 7) is 7.24. The predicted molar refractivity (Wildman–Crippen MR) is 75.8 cm³/mol. The number of hydrogen-bond acceptors (Lipinski definition) is 4. The van der Waals surface area contributed by atoms with E-state index in [4.69, 9.17) is 4.74 Å². The van der Waals surface area contributed by atoms with Crippen LogP contribution < -0.4 is 10.1 Å². The molecule has 5 nitrogen and oxygen atoms in total. The third-order valence-electron chi connectivity index (χ3n) is 3.44. The molecule has 0 aliphatic carbocycles. The summed E-state index contributed by atoms with van der Waals surface area (Å²) in [6.07, 6.45) is 1.01. The molecule has 1 aromatic carbocycles. The Morgan fingerprint density at radius 3 is 2.58 bits per heavy atom. The van der Waals surface area contributed by atoms with E-state index in [0.717, 1.165) is 18.5 Å². The summed E-state index contributed by atoms with van der Waals surface area (Å²) < 4.78 is 5.11. The second kappa shape index (κ2) is 7.09. The second-order valence-corrected chi connectivity index (χ2v) is 4.55. The zero-order valence-corrected chi connectivity index (χ0v) is 12.0. The van der Waals surface area contributed by atoms with E-state index in [-0.39, 0.29) is 11.6 Å². The summed E-state index contributed by atoms with van der Waals surface area (Å²) >= 11 is 0. The van der Waals surface area contributed by atoms with Gasteiger partial charge in [0.05, 0.1) is 12.0 Å². The largest absolute Gasteiger partial charge is 0.490 e. The third-order valence-corrected chi connectivity index (χ3v) is 3.44. The molecule has 0 radical (unpaired) electrons. The Balaban J connectivity index is 3.04. The number of nitrogens with one attached hydrogen (secondary N) is 1. The smallest absolute Gasteiger partial charge is 0.310 e. The average molecular weight is 266 g/mol. The van der Waals surface area contributed by atoms with Gasteiger partial charge in [-0.2, -0.15) is 0 Å². The van der Waals surface area contributed by atoms with Crippen LogP contribution in [0.2, 0.25) is 0 Å². The molecule has 1 N–H and O–H groups in total. The standard InChI is InChI=1S/C14H22N2O3/c1-5-12(15-6-2)10(3)11-7-8-13(16(17)18)14(9-11)19-4/h7-10,12,15H,5-6H2,1-4H3. The Kier molecular flexibility index (Phi) is 5.76. The van der Waals surface area contributed by atoms with Crippen molar-refractivity contribution in [3.63, 3.8) is 0 Å². The molecule has 0 aliphatic rings. The summed E-state index contributed by atoms with van der Waals surface area (Å²) in [4.78, 5) is 10.4. The first-order valence-electron chi connectivity index (χ1n) is 6.60. The minimum atomic E-state index is -0.422. The summed E-state index contributed by atoms with van der Waals surface area (Å²) in [5, 5.41) is 14.3. The molecule has 0 aromatic heterocycles. The number of nitro benzene ring substituents is 1. The van der Waals surface area contributed by atoms with Gasteiger partial charge in [0.2, 0.25) is 0 Å². The van der Waals surface area contributed by atoms with E-state index in [1.54, 1.807) is 6.07 Å². The van der Waals surface area contributed by atoms with Gasteiger partial charge in [0.1, 0.15) is 0 Å². The fourth-order valence-corrected chi connectivity index (χ4v) is 2.30. The Bertz CT molecular complexity index is 435. The molecule has 0 fully saturated rings. The maximum atomic E-state index is 10.9. The van der Waals surface area contributed by atoms with E-state index >= 15 is 0 Å². The van der Waals surface area contributed by atoms with Crippen molar-refractivity contribution < 1.29 is 9.66 Å². The van der Waals surface area contributed by atoms with Gasteiger partial charge in [0.25, 0.3) is 0 Å². The lowest BCUT2D eigenvalue weighted by atomic mass is 9.91. The highest BCUT2D eigenvalue weighted by Crippen LogP contribution is 2.31. The van der Waals surface area contributed by atoms with Crippen molar-refractivity contribution in [3.05, 3.63) is 33.9 Å². The van der Waals surface area contributed by atoms with Gasteiger partial charge in [-0.1, -0.05) is 26.8 Å². The maximum Gasteiger partial charge on any atom is 0.310 e. The summed E-state index contributed by atoms with van der Waals surface area (Å²) in [5.41, 5.74) is 1.06. The van der Waals surface area contributed by atoms with Gasteiger partial charge < -0.3 is 10.1 Å². The molecule has 0 aliphatic heterocycles. The van der Waals surface area contributed by atoms with Crippen LogP contribution in [0.25, 0.3) is 0 Å². The lowest BCUT2D eigenvalue weighted by Crippen LogP contribution is -2.33. The van der Waals surface area contributed by atoms with Crippen LogP contribution in [0.15, 0.2) is 18.2 Å². The Hall–Kier alpha value is -1.62. The van der Waals surface area contributed by atoms with Crippen LogP contribution >= 0.6 is 0 Å². The predicted octanol–water partition coefficient (Wildman–Crippen LogP) is 3.10. The maximum absolute atomic E-state index is 10.9. The van der Waals surface area contributed by atoms with Gasteiger partial charge in [-0.15, -0.1) is 0 Å². The molecule has 0 amide bonds. The van der Waals surface area contributed by atoms with E-state index in [1.165, 1.54) is 13.2 Å². The van der Waals surface area contributed by atoms with Crippen LogP contribution in [0.3, 0.4) is 0 Å². The molecule has 106 valence electrons. The summed E-state index contributed by atoms with van der Waals surface area (Å²) in [7, 11) is 1.46. The lowest BCUT2D eigenvalue weighted by Gasteiger charge is -2.24. The molecule has 5 heteroatoms. The van der Waals surface area contributed by atoms with Crippen molar-refractivity contribution in [2.45, 2.75) is 39.2 Å². The van der Waals surface area contributed by atoms with Crippen LogP contribution in [0.4, 0.5) is 5.69 Å². The number of hydrogen-bond donors (Lipinski definition) is 1. The number of methoxy groups -OCH3 is 1. The molecular weight excluding hydrogens is 244 g/mol. The monoisotopic (exact) mass is 266 g/mol. The van der Waals surface area contributed by atoms with Crippen LogP contribution in [0.1, 0.15) is 38.7 Å². The molecule has 1 rings (SSSR count). The van der Waals surface area contributed by atoms with E-state index in [9.17, 15) is 10.1 Å². The van der Waals surface area contributed by atoms with Gasteiger partial charge in [0.15, 0.2) is 5.75 Å². The quantitative estimate of drug-likeness (QED) is 0.608. The second-order valence-electron chi connectivity index (χ2n) is 4.55. The number of rotatable bonds is 7.